The Hall–Kier alpha value is -3.41. The highest BCUT2D eigenvalue weighted by atomic mass is 16.5. The van der Waals surface area contributed by atoms with E-state index in [0.717, 1.165) is 18.7 Å². The SMILES string of the molecule is CN[C@@H](C)C(=O)N[C@H](C(=O)NN1CCC(Cc2n(CCOC)c3c([n+]2C)C(=O)c2ccccc2C3=O)CC1)C(C)(C)C. The van der Waals surface area contributed by atoms with Gasteiger partial charge in [-0.3, -0.25) is 24.6 Å². The second kappa shape index (κ2) is 12.8. The highest BCUT2D eigenvalue weighted by Crippen LogP contribution is 2.29. The van der Waals surface area contributed by atoms with E-state index in [1.165, 1.54) is 0 Å². The number of benzene rings is 1. The van der Waals surface area contributed by atoms with Crippen LogP contribution in [0.1, 0.15) is 78.5 Å². The van der Waals surface area contributed by atoms with Crippen molar-refractivity contribution in [3.8, 4) is 0 Å². The van der Waals surface area contributed by atoms with Gasteiger partial charge >= 0.3 is 0 Å². The maximum atomic E-state index is 13.6. The van der Waals surface area contributed by atoms with Gasteiger partial charge in [0.25, 0.3) is 11.7 Å². The monoisotopic (exact) mass is 581 g/mol. The third-order valence-electron chi connectivity index (χ3n) is 8.49. The fraction of sp³-hybridized carbons (Fsp3) is 0.581. The normalized spacial score (nSPS) is 17.4. The zero-order valence-electron chi connectivity index (χ0n) is 25.9. The van der Waals surface area contributed by atoms with Gasteiger partial charge in [-0.1, -0.05) is 45.0 Å². The summed E-state index contributed by atoms with van der Waals surface area (Å²) in [6.07, 6.45) is 2.34. The van der Waals surface area contributed by atoms with Crippen LogP contribution in [-0.2, 0) is 34.3 Å². The summed E-state index contributed by atoms with van der Waals surface area (Å²) >= 11 is 0. The van der Waals surface area contributed by atoms with Crippen LogP contribution < -0.4 is 20.6 Å². The lowest BCUT2D eigenvalue weighted by molar-refractivity contribution is -0.681. The number of aromatic nitrogens is 2. The minimum atomic E-state index is -0.688. The molecule has 1 aromatic heterocycles. The van der Waals surface area contributed by atoms with E-state index in [9.17, 15) is 19.2 Å². The van der Waals surface area contributed by atoms with Gasteiger partial charge < -0.3 is 15.4 Å². The van der Waals surface area contributed by atoms with Crippen LogP contribution in [0.15, 0.2) is 24.3 Å². The number of piperidine rings is 1. The second-order valence-corrected chi connectivity index (χ2v) is 12.4. The summed E-state index contributed by atoms with van der Waals surface area (Å²) in [5.74, 6) is 0.481. The summed E-state index contributed by atoms with van der Waals surface area (Å²) < 4.78 is 9.21. The second-order valence-electron chi connectivity index (χ2n) is 12.4. The predicted octanol–water partition coefficient (Wildman–Crippen LogP) is 1.16. The molecule has 2 atom stereocenters. The number of ether oxygens (including phenoxy) is 1. The van der Waals surface area contributed by atoms with Gasteiger partial charge in [0.2, 0.25) is 28.9 Å². The number of hydrogen-bond acceptors (Lipinski definition) is 7. The largest absolute Gasteiger partial charge is 0.381 e. The molecule has 0 unspecified atom stereocenters. The van der Waals surface area contributed by atoms with Crippen molar-refractivity contribution in [2.24, 2.45) is 18.4 Å². The average molecular weight is 582 g/mol. The van der Waals surface area contributed by atoms with E-state index in [1.54, 1.807) is 45.3 Å². The van der Waals surface area contributed by atoms with Crippen LogP contribution in [0.25, 0.3) is 0 Å². The number of fused-ring (bicyclic) bond motifs is 2. The van der Waals surface area contributed by atoms with Crippen molar-refractivity contribution in [2.45, 2.75) is 65.6 Å². The number of carbonyl (C=O) groups is 4. The molecule has 1 aromatic carbocycles. The van der Waals surface area contributed by atoms with E-state index < -0.39 is 17.5 Å². The van der Waals surface area contributed by atoms with Gasteiger partial charge in [0.15, 0.2) is 0 Å². The Labute approximate surface area is 247 Å². The molecule has 1 aliphatic heterocycles. The van der Waals surface area contributed by atoms with Crippen molar-refractivity contribution >= 4 is 23.4 Å². The summed E-state index contributed by atoms with van der Waals surface area (Å²) in [6.45, 7) is 9.74. The molecule has 2 aromatic rings. The quantitative estimate of drug-likeness (QED) is 0.307. The number of nitrogens with one attached hydrogen (secondary N) is 3. The van der Waals surface area contributed by atoms with Crippen LogP contribution in [-0.4, -0.2) is 78.9 Å². The molecule has 228 valence electrons. The van der Waals surface area contributed by atoms with Gasteiger partial charge in [-0.05, 0) is 38.1 Å². The van der Waals surface area contributed by atoms with E-state index in [-0.39, 0.29) is 23.4 Å². The number of methoxy groups -OCH3 is 1. The topological polar surface area (TPSA) is 126 Å². The average Bonchev–Trinajstić information content (AvgIpc) is 3.24. The number of carbonyl (C=O) groups excluding carboxylic acids is 4. The fourth-order valence-corrected chi connectivity index (χ4v) is 5.82. The summed E-state index contributed by atoms with van der Waals surface area (Å²) in [4.78, 5) is 52.9. The van der Waals surface area contributed by atoms with Gasteiger partial charge in [-0.15, -0.1) is 0 Å². The molecule has 0 bridgehead atoms. The van der Waals surface area contributed by atoms with Gasteiger partial charge in [-0.2, -0.15) is 0 Å². The van der Waals surface area contributed by atoms with Crippen molar-refractivity contribution < 1.29 is 28.5 Å². The minimum absolute atomic E-state index is 0.137. The number of ketones is 2. The molecule has 1 fully saturated rings. The first-order chi connectivity index (χ1) is 19.9. The number of hydrazine groups is 1. The number of imidazole rings is 1. The maximum Gasteiger partial charge on any atom is 0.257 e. The third kappa shape index (κ3) is 6.33. The lowest BCUT2D eigenvalue weighted by Gasteiger charge is -2.36. The standard InChI is InChI=1S/C31H44N6O5/c1-19(32-5)29(40)33-28(31(2,3)4)30(41)34-36-14-12-20(13-15-36)18-23-35(6)24-25(37(23)16-17-42-7)27(39)22-11-9-8-10-21(22)26(24)38/h8-11,19-20,28,32H,12-18H2,1-7H3,(H-,33,34,40,41)/p+1/t19-,28+/m0/s1. The smallest absolute Gasteiger partial charge is 0.257 e. The molecule has 2 aliphatic rings. The highest BCUT2D eigenvalue weighted by Gasteiger charge is 2.43. The number of hydrogen-bond donors (Lipinski definition) is 3. The number of likely N-dealkylation sites (N-methyl/N-ethyl adjacent to an activating group) is 1. The number of amides is 2. The lowest BCUT2D eigenvalue weighted by atomic mass is 9.86. The Morgan fingerprint density at radius 2 is 1.69 bits per heavy atom. The molecular formula is C31H45N6O5+. The molecular weight excluding hydrogens is 536 g/mol. The Kier molecular flexibility index (Phi) is 9.64. The molecule has 4 rings (SSSR count). The van der Waals surface area contributed by atoms with E-state index in [0.29, 0.717) is 61.1 Å². The lowest BCUT2D eigenvalue weighted by Crippen LogP contribution is -2.60. The first-order valence-electron chi connectivity index (χ1n) is 14.7. The van der Waals surface area contributed by atoms with Gasteiger partial charge in [0.1, 0.15) is 12.6 Å². The van der Waals surface area contributed by atoms with Crippen LogP contribution in [0.4, 0.5) is 0 Å². The molecule has 1 aliphatic carbocycles. The van der Waals surface area contributed by atoms with Crippen molar-refractivity contribution in [1.29, 1.82) is 0 Å². The van der Waals surface area contributed by atoms with E-state index >= 15 is 0 Å². The van der Waals surface area contributed by atoms with Crippen molar-refractivity contribution in [2.75, 3.05) is 33.9 Å². The summed E-state index contributed by atoms with van der Waals surface area (Å²) in [5.41, 5.74) is 4.29. The molecule has 3 N–H and O–H groups in total. The van der Waals surface area contributed by atoms with Crippen molar-refractivity contribution in [1.82, 2.24) is 25.6 Å². The maximum absolute atomic E-state index is 13.6. The molecule has 0 spiro atoms. The number of rotatable bonds is 10. The molecule has 42 heavy (non-hydrogen) atoms. The summed E-state index contributed by atoms with van der Waals surface area (Å²) in [5, 5.41) is 7.72. The number of nitrogens with zero attached hydrogens (tertiary/aromatic N) is 3. The zero-order valence-corrected chi connectivity index (χ0v) is 25.9. The first-order valence-corrected chi connectivity index (χ1v) is 14.7. The zero-order chi connectivity index (χ0) is 30.8. The first kappa shape index (κ1) is 31.5. The Bertz CT molecular complexity index is 1350. The molecule has 11 heteroatoms. The van der Waals surface area contributed by atoms with Gasteiger partial charge in [0, 0.05) is 31.3 Å². The van der Waals surface area contributed by atoms with E-state index in [1.807, 2.05) is 42.0 Å². The summed E-state index contributed by atoms with van der Waals surface area (Å²) in [6, 6.07) is 5.90. The van der Waals surface area contributed by atoms with Gasteiger partial charge in [0.05, 0.1) is 26.1 Å². The fourth-order valence-electron chi connectivity index (χ4n) is 5.82. The Balaban J connectivity index is 1.47. The van der Waals surface area contributed by atoms with Crippen LogP contribution in [0, 0.1) is 11.3 Å². The highest BCUT2D eigenvalue weighted by molar-refractivity contribution is 6.26. The van der Waals surface area contributed by atoms with Crippen LogP contribution in [0.5, 0.6) is 0 Å². The molecule has 1 saturated heterocycles. The molecule has 2 heterocycles. The Morgan fingerprint density at radius 1 is 1.07 bits per heavy atom. The van der Waals surface area contributed by atoms with E-state index in [4.69, 9.17) is 4.74 Å². The Morgan fingerprint density at radius 3 is 2.26 bits per heavy atom. The van der Waals surface area contributed by atoms with Gasteiger partial charge in [-0.25, -0.2) is 14.1 Å². The molecule has 0 radical (unpaired) electrons. The molecule has 0 saturated carbocycles. The molecule has 11 nitrogen and oxygen atoms in total. The minimum Gasteiger partial charge on any atom is -0.381 e. The third-order valence-corrected chi connectivity index (χ3v) is 8.49. The van der Waals surface area contributed by atoms with Crippen molar-refractivity contribution in [3.05, 3.63) is 52.6 Å². The van der Waals surface area contributed by atoms with E-state index in [2.05, 4.69) is 16.1 Å². The van der Waals surface area contributed by atoms with Crippen LogP contribution in [0.3, 0.4) is 0 Å². The predicted molar refractivity (Wildman–Crippen MR) is 157 cm³/mol. The van der Waals surface area contributed by atoms with Crippen LogP contribution in [0.2, 0.25) is 0 Å². The van der Waals surface area contributed by atoms with Crippen molar-refractivity contribution in [3.63, 3.8) is 0 Å². The summed E-state index contributed by atoms with van der Waals surface area (Å²) in [7, 11) is 5.19. The molecule has 2 amide bonds. The van der Waals surface area contributed by atoms with Crippen LogP contribution >= 0.6 is 0 Å².